The molecule has 2 amide bonds. The number of nitrogens with one attached hydrogen (secondary N) is 2. The van der Waals surface area contributed by atoms with E-state index in [9.17, 15) is 9.59 Å². The third-order valence-corrected chi connectivity index (χ3v) is 4.76. The van der Waals surface area contributed by atoms with Crippen LogP contribution in [0.1, 0.15) is 23.6 Å². The molecule has 0 radical (unpaired) electrons. The molecule has 0 fully saturated rings. The number of amides is 2. The lowest BCUT2D eigenvalue weighted by atomic mass is 10.2. The summed E-state index contributed by atoms with van der Waals surface area (Å²) in [6, 6.07) is 20.1. The molecular weight excluding hydrogens is 442 g/mol. The topological polar surface area (TPSA) is 89.0 Å². The summed E-state index contributed by atoms with van der Waals surface area (Å²) < 4.78 is 11.5. The summed E-state index contributed by atoms with van der Waals surface area (Å²) in [6.07, 6.45) is 1.42. The van der Waals surface area contributed by atoms with Crippen molar-refractivity contribution in [3.05, 3.63) is 88.4 Å². The van der Waals surface area contributed by atoms with Gasteiger partial charge in [-0.1, -0.05) is 41.9 Å². The minimum atomic E-state index is -0.895. The lowest BCUT2D eigenvalue weighted by molar-refractivity contribution is -0.136. The molecule has 3 rings (SSSR count). The number of anilines is 1. The highest BCUT2D eigenvalue weighted by atomic mass is 35.5. The van der Waals surface area contributed by atoms with Gasteiger partial charge in [0.2, 0.25) is 0 Å². The van der Waals surface area contributed by atoms with E-state index >= 15 is 0 Å². The van der Waals surface area contributed by atoms with E-state index in [0.717, 1.165) is 11.1 Å². The third-order valence-electron chi connectivity index (χ3n) is 4.53. The van der Waals surface area contributed by atoms with Gasteiger partial charge in [-0.25, -0.2) is 5.43 Å². The van der Waals surface area contributed by atoms with Crippen molar-refractivity contribution in [1.29, 1.82) is 0 Å². The van der Waals surface area contributed by atoms with E-state index in [4.69, 9.17) is 21.1 Å². The van der Waals surface area contributed by atoms with Crippen molar-refractivity contribution in [3.8, 4) is 11.5 Å². The number of aryl methyl sites for hydroxylation is 1. The predicted octanol–water partition coefficient (Wildman–Crippen LogP) is 4.71. The molecule has 0 saturated carbocycles. The van der Waals surface area contributed by atoms with Gasteiger partial charge in [-0.3, -0.25) is 9.59 Å². The molecule has 3 aromatic rings. The second-order valence-corrected chi connectivity index (χ2v) is 7.46. The average molecular weight is 466 g/mol. The Morgan fingerprint density at radius 3 is 2.48 bits per heavy atom. The van der Waals surface area contributed by atoms with Crippen LogP contribution >= 0.6 is 11.6 Å². The molecule has 8 heteroatoms. The van der Waals surface area contributed by atoms with Crippen molar-refractivity contribution in [1.82, 2.24) is 5.43 Å². The number of nitrogens with zero attached hydrogens (tertiary/aromatic N) is 1. The van der Waals surface area contributed by atoms with E-state index in [2.05, 4.69) is 15.8 Å². The quantitative estimate of drug-likeness (QED) is 0.286. The lowest BCUT2D eigenvalue weighted by Gasteiger charge is -2.12. The van der Waals surface area contributed by atoms with Gasteiger partial charge in [0.1, 0.15) is 6.61 Å². The van der Waals surface area contributed by atoms with E-state index in [1.807, 2.05) is 37.3 Å². The largest absolute Gasteiger partial charge is 0.490 e. The van der Waals surface area contributed by atoms with Crippen LogP contribution in [-0.2, 0) is 16.2 Å². The fourth-order valence-electron chi connectivity index (χ4n) is 2.89. The number of hydrogen-bond donors (Lipinski definition) is 2. The van der Waals surface area contributed by atoms with Crippen molar-refractivity contribution in [3.63, 3.8) is 0 Å². The maximum atomic E-state index is 12.1. The Balaban J connectivity index is 1.59. The van der Waals surface area contributed by atoms with E-state index in [1.165, 1.54) is 6.21 Å². The van der Waals surface area contributed by atoms with E-state index in [1.54, 1.807) is 43.3 Å². The molecule has 0 atom stereocenters. The Bertz CT molecular complexity index is 1150. The molecule has 2 N–H and O–H groups in total. The van der Waals surface area contributed by atoms with Crippen LogP contribution in [0.15, 0.2) is 71.8 Å². The van der Waals surface area contributed by atoms with Crippen molar-refractivity contribution in [2.75, 3.05) is 11.9 Å². The Morgan fingerprint density at radius 2 is 1.76 bits per heavy atom. The molecule has 0 aliphatic rings. The average Bonchev–Trinajstić information content (AvgIpc) is 2.81. The number of ether oxygens (including phenoxy) is 2. The SMILES string of the molecule is CCOc1cc(/C=N\NC(=O)C(=O)Nc2ccc(Cl)cc2C)ccc1OCc1ccccc1. The van der Waals surface area contributed by atoms with E-state index < -0.39 is 11.8 Å². The lowest BCUT2D eigenvalue weighted by Crippen LogP contribution is -2.32. The number of halogens is 1. The van der Waals surface area contributed by atoms with Crippen LogP contribution in [-0.4, -0.2) is 24.6 Å². The molecule has 0 unspecified atom stereocenters. The number of carbonyl (C=O) groups excluding carboxylic acids is 2. The Hall–Kier alpha value is -3.84. The van der Waals surface area contributed by atoms with Gasteiger partial charge in [0.15, 0.2) is 11.5 Å². The fourth-order valence-corrected chi connectivity index (χ4v) is 3.12. The molecule has 0 aliphatic carbocycles. The van der Waals surface area contributed by atoms with E-state index in [0.29, 0.717) is 41.0 Å². The summed E-state index contributed by atoms with van der Waals surface area (Å²) in [5, 5.41) is 6.93. The zero-order valence-corrected chi connectivity index (χ0v) is 19.1. The highest BCUT2D eigenvalue weighted by Gasteiger charge is 2.14. The first-order chi connectivity index (χ1) is 16.0. The summed E-state index contributed by atoms with van der Waals surface area (Å²) in [5.41, 5.74) is 5.16. The molecule has 0 saturated heterocycles. The second kappa shape index (κ2) is 11.7. The maximum Gasteiger partial charge on any atom is 0.329 e. The first-order valence-electron chi connectivity index (χ1n) is 10.3. The molecule has 33 heavy (non-hydrogen) atoms. The van der Waals surface area contributed by atoms with Gasteiger partial charge in [-0.05, 0) is 66.9 Å². The minimum absolute atomic E-state index is 0.409. The number of hydrogen-bond acceptors (Lipinski definition) is 5. The number of benzene rings is 3. The van der Waals surface area contributed by atoms with Crippen molar-refractivity contribution < 1.29 is 19.1 Å². The third kappa shape index (κ3) is 7.08. The van der Waals surface area contributed by atoms with Gasteiger partial charge in [-0.2, -0.15) is 5.10 Å². The van der Waals surface area contributed by atoms with Crippen molar-refractivity contribution >= 4 is 35.3 Å². The van der Waals surface area contributed by atoms with Gasteiger partial charge < -0.3 is 14.8 Å². The number of carbonyl (C=O) groups is 2. The molecule has 7 nitrogen and oxygen atoms in total. The molecule has 0 spiro atoms. The van der Waals surface area contributed by atoms with Gasteiger partial charge in [-0.15, -0.1) is 0 Å². The monoisotopic (exact) mass is 465 g/mol. The van der Waals surface area contributed by atoms with Crippen LogP contribution < -0.4 is 20.2 Å². The smallest absolute Gasteiger partial charge is 0.329 e. The second-order valence-electron chi connectivity index (χ2n) is 7.03. The van der Waals surface area contributed by atoms with Crippen LogP contribution in [0.25, 0.3) is 0 Å². The van der Waals surface area contributed by atoms with Gasteiger partial charge in [0.25, 0.3) is 0 Å². The standard InChI is InChI=1S/C25H24ClN3O4/c1-3-32-23-14-19(9-12-22(23)33-16-18-7-5-4-6-8-18)15-27-29-25(31)24(30)28-21-11-10-20(26)13-17(21)2/h4-15H,3,16H2,1-2H3,(H,28,30)(H,29,31)/b27-15-. The summed E-state index contributed by atoms with van der Waals surface area (Å²) in [4.78, 5) is 24.1. The van der Waals surface area contributed by atoms with Crippen LogP contribution in [0, 0.1) is 6.92 Å². The highest BCUT2D eigenvalue weighted by molar-refractivity contribution is 6.39. The molecule has 170 valence electrons. The Labute approximate surface area is 197 Å². The van der Waals surface area contributed by atoms with Crippen LogP contribution in [0.3, 0.4) is 0 Å². The van der Waals surface area contributed by atoms with E-state index in [-0.39, 0.29) is 0 Å². The van der Waals surface area contributed by atoms with Crippen molar-refractivity contribution in [2.24, 2.45) is 5.10 Å². The summed E-state index contributed by atoms with van der Waals surface area (Å²) in [7, 11) is 0. The molecule has 0 bridgehead atoms. The van der Waals surface area contributed by atoms with Gasteiger partial charge >= 0.3 is 11.8 Å². The van der Waals surface area contributed by atoms with Crippen LogP contribution in [0.4, 0.5) is 5.69 Å². The number of hydrazone groups is 1. The molecule has 3 aromatic carbocycles. The Kier molecular flexibility index (Phi) is 8.43. The van der Waals surface area contributed by atoms with Crippen LogP contribution in [0.2, 0.25) is 5.02 Å². The zero-order valence-electron chi connectivity index (χ0n) is 18.3. The normalized spacial score (nSPS) is 10.6. The Morgan fingerprint density at radius 1 is 0.970 bits per heavy atom. The molecule has 0 aliphatic heterocycles. The van der Waals surface area contributed by atoms with Gasteiger partial charge in [0, 0.05) is 10.7 Å². The first-order valence-corrected chi connectivity index (χ1v) is 10.7. The molecule has 0 heterocycles. The highest BCUT2D eigenvalue weighted by Crippen LogP contribution is 2.29. The molecular formula is C25H24ClN3O4. The summed E-state index contributed by atoms with van der Waals surface area (Å²) in [6.45, 7) is 4.53. The maximum absolute atomic E-state index is 12.1. The number of rotatable bonds is 8. The minimum Gasteiger partial charge on any atom is -0.490 e. The summed E-state index contributed by atoms with van der Waals surface area (Å²) >= 11 is 5.90. The summed E-state index contributed by atoms with van der Waals surface area (Å²) in [5.74, 6) is -0.579. The molecule has 0 aromatic heterocycles. The van der Waals surface area contributed by atoms with Crippen molar-refractivity contribution in [2.45, 2.75) is 20.5 Å². The predicted molar refractivity (Wildman–Crippen MR) is 129 cm³/mol. The first kappa shape index (κ1) is 23.8. The fraction of sp³-hybridized carbons (Fsp3) is 0.160. The van der Waals surface area contributed by atoms with Gasteiger partial charge in [0.05, 0.1) is 12.8 Å². The zero-order chi connectivity index (χ0) is 23.6. The van der Waals surface area contributed by atoms with Crippen LogP contribution in [0.5, 0.6) is 11.5 Å².